The van der Waals surface area contributed by atoms with E-state index in [2.05, 4.69) is 22.6 Å². The van der Waals surface area contributed by atoms with Crippen molar-refractivity contribution in [2.45, 2.75) is 27.7 Å². The van der Waals surface area contributed by atoms with Crippen LogP contribution in [0.25, 0.3) is 0 Å². The zero-order chi connectivity index (χ0) is 14.0. The average Bonchev–Trinajstić information content (AvgIpc) is 2.24. The summed E-state index contributed by atoms with van der Waals surface area (Å²) >= 11 is 0. The normalized spacial score (nSPS) is 8.06. The molecule has 0 spiro atoms. The maximum Gasteiger partial charge on any atom is 0.337 e. The molecule has 4 heteroatoms. The Hall–Kier alpha value is -1.84. The van der Waals surface area contributed by atoms with Crippen LogP contribution in [0.5, 0.6) is 0 Å². The van der Waals surface area contributed by atoms with E-state index in [1.165, 1.54) is 13.4 Å². The molecule has 17 heavy (non-hydrogen) atoms. The first kappa shape index (κ1) is 17.6. The first-order valence-corrected chi connectivity index (χ1v) is 4.96. The molecule has 0 amide bonds. The van der Waals surface area contributed by atoms with Crippen LogP contribution in [0.15, 0.2) is 36.1 Å². The highest BCUT2D eigenvalue weighted by molar-refractivity contribution is 5.87. The van der Waals surface area contributed by atoms with Crippen LogP contribution in [0.3, 0.4) is 0 Å². The van der Waals surface area contributed by atoms with Crippen molar-refractivity contribution in [1.29, 1.82) is 0 Å². The van der Waals surface area contributed by atoms with Gasteiger partial charge in [-0.25, -0.2) is 9.59 Å². The van der Waals surface area contributed by atoms with Crippen molar-refractivity contribution in [3.05, 3.63) is 36.1 Å². The molecule has 0 saturated carbocycles. The second-order valence-electron chi connectivity index (χ2n) is 3.65. The molecule has 0 unspecified atom stereocenters. The molecule has 0 aromatic carbocycles. The largest absolute Gasteiger partial charge is 0.466 e. The second kappa shape index (κ2) is 9.39. The highest BCUT2D eigenvalue weighted by atomic mass is 16.5. The van der Waals surface area contributed by atoms with E-state index in [0.717, 1.165) is 5.57 Å². The lowest BCUT2D eigenvalue weighted by atomic mass is 10.4. The summed E-state index contributed by atoms with van der Waals surface area (Å²) in [7, 11) is 1.33. The maximum absolute atomic E-state index is 10.7. The fourth-order valence-corrected chi connectivity index (χ4v) is 0.446. The number of esters is 2. The molecular formula is C13H20O4. The van der Waals surface area contributed by atoms with E-state index < -0.39 is 0 Å². The van der Waals surface area contributed by atoms with Crippen LogP contribution >= 0.6 is 0 Å². The molecule has 0 bridgehead atoms. The van der Waals surface area contributed by atoms with Crippen molar-refractivity contribution in [3.63, 3.8) is 0 Å². The molecule has 0 saturated heterocycles. The van der Waals surface area contributed by atoms with E-state index in [1.54, 1.807) is 13.8 Å². The Bertz CT molecular complexity index is 333. The summed E-state index contributed by atoms with van der Waals surface area (Å²) in [5.41, 5.74) is 1.80. The third-order valence-electron chi connectivity index (χ3n) is 1.28. The van der Waals surface area contributed by atoms with Crippen molar-refractivity contribution in [2.24, 2.45) is 0 Å². The van der Waals surface area contributed by atoms with E-state index in [4.69, 9.17) is 0 Å². The zero-order valence-electron chi connectivity index (χ0n) is 11.1. The lowest BCUT2D eigenvalue weighted by Crippen LogP contribution is -1.99. The minimum atomic E-state index is -0.374. The highest BCUT2D eigenvalue weighted by Gasteiger charge is 1.98. The summed E-state index contributed by atoms with van der Waals surface area (Å²) in [5, 5.41) is 0. The Kier molecular flexibility index (Phi) is 9.70. The van der Waals surface area contributed by atoms with Gasteiger partial charge >= 0.3 is 11.9 Å². The summed E-state index contributed by atoms with van der Waals surface area (Å²) in [4.78, 5) is 20.9. The predicted molar refractivity (Wildman–Crippen MR) is 67.2 cm³/mol. The Balaban J connectivity index is 0. The van der Waals surface area contributed by atoms with Crippen LogP contribution in [0, 0.1) is 0 Å². The van der Waals surface area contributed by atoms with E-state index >= 15 is 0 Å². The van der Waals surface area contributed by atoms with Gasteiger partial charge < -0.3 is 9.47 Å². The lowest BCUT2D eigenvalue weighted by molar-refractivity contribution is -0.136. The molecule has 0 aromatic rings. The standard InChI is InChI=1S/C8H12O2.C5H8O2/c1-6(2)5-10-8(9)7(3)4;1-4(2)5(6)7-3/h5H,3H2,1-2,4H3;1H2,2-3H3. The van der Waals surface area contributed by atoms with Gasteiger partial charge in [0.1, 0.15) is 0 Å². The van der Waals surface area contributed by atoms with Crippen molar-refractivity contribution < 1.29 is 19.1 Å². The lowest BCUT2D eigenvalue weighted by Gasteiger charge is -1.96. The first-order valence-electron chi connectivity index (χ1n) is 4.96. The molecular weight excluding hydrogens is 220 g/mol. The van der Waals surface area contributed by atoms with Crippen LogP contribution in [-0.4, -0.2) is 19.0 Å². The molecule has 0 heterocycles. The number of carbonyl (C=O) groups is 2. The third kappa shape index (κ3) is 12.1. The summed E-state index contributed by atoms with van der Waals surface area (Å²) in [6, 6.07) is 0. The SMILES string of the molecule is C=C(C)C(=O)OC.C=C(C)C(=O)OC=C(C)C. The molecule has 0 N–H and O–H groups in total. The number of hydrogen-bond acceptors (Lipinski definition) is 4. The van der Waals surface area contributed by atoms with Gasteiger partial charge in [-0.05, 0) is 33.3 Å². The van der Waals surface area contributed by atoms with Gasteiger partial charge in [-0.3, -0.25) is 0 Å². The Morgan fingerprint density at radius 1 is 0.941 bits per heavy atom. The zero-order valence-corrected chi connectivity index (χ0v) is 11.1. The molecule has 0 radical (unpaired) electrons. The van der Waals surface area contributed by atoms with E-state index in [0.29, 0.717) is 11.1 Å². The number of allylic oxidation sites excluding steroid dienone is 1. The van der Waals surface area contributed by atoms with Gasteiger partial charge in [0.15, 0.2) is 0 Å². The number of methoxy groups -OCH3 is 1. The average molecular weight is 240 g/mol. The van der Waals surface area contributed by atoms with Crippen LogP contribution in [0.2, 0.25) is 0 Å². The minimum Gasteiger partial charge on any atom is -0.466 e. The smallest absolute Gasteiger partial charge is 0.337 e. The number of ether oxygens (including phenoxy) is 2. The van der Waals surface area contributed by atoms with Gasteiger partial charge in [0.2, 0.25) is 0 Å². The maximum atomic E-state index is 10.7. The van der Waals surface area contributed by atoms with Gasteiger partial charge in [0.25, 0.3) is 0 Å². The van der Waals surface area contributed by atoms with Crippen molar-refractivity contribution in [1.82, 2.24) is 0 Å². The quantitative estimate of drug-likeness (QED) is 0.432. The third-order valence-corrected chi connectivity index (χ3v) is 1.28. The number of hydrogen-bond donors (Lipinski definition) is 0. The van der Waals surface area contributed by atoms with Gasteiger partial charge in [-0.1, -0.05) is 13.2 Å². The molecule has 0 aliphatic heterocycles. The molecule has 4 nitrogen and oxygen atoms in total. The number of carbonyl (C=O) groups excluding carboxylic acids is 2. The predicted octanol–water partition coefficient (Wildman–Crippen LogP) is 2.76. The van der Waals surface area contributed by atoms with Crippen LogP contribution in [-0.2, 0) is 19.1 Å². The number of rotatable bonds is 3. The van der Waals surface area contributed by atoms with Gasteiger partial charge in [0, 0.05) is 11.1 Å². The Morgan fingerprint density at radius 3 is 1.53 bits per heavy atom. The topological polar surface area (TPSA) is 52.6 Å². The van der Waals surface area contributed by atoms with Crippen molar-refractivity contribution in [2.75, 3.05) is 7.11 Å². The summed E-state index contributed by atoms with van der Waals surface area (Å²) < 4.78 is 8.94. The summed E-state index contributed by atoms with van der Waals surface area (Å²) in [5.74, 6) is -0.721. The molecule has 96 valence electrons. The molecule has 0 rings (SSSR count). The molecule has 0 aliphatic rings. The van der Waals surface area contributed by atoms with E-state index in [9.17, 15) is 9.59 Å². The Morgan fingerprint density at radius 2 is 1.35 bits per heavy atom. The van der Waals surface area contributed by atoms with Crippen molar-refractivity contribution >= 4 is 11.9 Å². The van der Waals surface area contributed by atoms with Crippen LogP contribution in [0.4, 0.5) is 0 Å². The van der Waals surface area contributed by atoms with E-state index in [1.807, 2.05) is 13.8 Å². The summed E-state index contributed by atoms with van der Waals surface area (Å²) in [6.07, 6.45) is 1.41. The molecule has 0 fully saturated rings. The second-order valence-corrected chi connectivity index (χ2v) is 3.65. The fourth-order valence-electron chi connectivity index (χ4n) is 0.446. The first-order chi connectivity index (χ1) is 7.72. The van der Waals surface area contributed by atoms with Gasteiger partial charge in [0.05, 0.1) is 13.4 Å². The van der Waals surface area contributed by atoms with E-state index in [-0.39, 0.29) is 11.9 Å². The van der Waals surface area contributed by atoms with Gasteiger partial charge in [-0.2, -0.15) is 0 Å². The fraction of sp³-hybridized carbons (Fsp3) is 0.385. The highest BCUT2D eigenvalue weighted by Crippen LogP contribution is 1.95. The monoisotopic (exact) mass is 240 g/mol. The molecule has 0 aliphatic carbocycles. The van der Waals surface area contributed by atoms with Crippen LogP contribution < -0.4 is 0 Å². The summed E-state index contributed by atoms with van der Waals surface area (Å²) in [6.45, 7) is 13.7. The Labute approximate surface area is 103 Å². The van der Waals surface area contributed by atoms with Crippen LogP contribution in [0.1, 0.15) is 27.7 Å². The van der Waals surface area contributed by atoms with Gasteiger partial charge in [-0.15, -0.1) is 0 Å². The molecule has 0 atom stereocenters. The van der Waals surface area contributed by atoms with Crippen molar-refractivity contribution in [3.8, 4) is 0 Å². The molecule has 0 aromatic heterocycles. The minimum absolute atomic E-state index is 0.347.